The molecule has 0 fully saturated rings. The fourth-order valence-electron chi connectivity index (χ4n) is 2.87. The molecule has 9 nitrogen and oxygen atoms in total. The monoisotopic (exact) mass is 554 g/mol. The summed E-state index contributed by atoms with van der Waals surface area (Å²) >= 11 is 0.890. The van der Waals surface area contributed by atoms with Crippen molar-refractivity contribution >= 4 is 40.9 Å². The average Bonchev–Trinajstić information content (AvgIpc) is 2.86. The summed E-state index contributed by atoms with van der Waals surface area (Å²) in [4.78, 5) is 42.0. The van der Waals surface area contributed by atoms with Crippen molar-refractivity contribution in [1.29, 1.82) is 0 Å². The second kappa shape index (κ2) is 14.1. The van der Waals surface area contributed by atoms with Gasteiger partial charge in [0.2, 0.25) is 5.91 Å². The number of benzene rings is 1. The van der Waals surface area contributed by atoms with Gasteiger partial charge in [-0.3, -0.25) is 14.4 Å². The third-order valence-electron chi connectivity index (χ3n) is 4.88. The van der Waals surface area contributed by atoms with Gasteiger partial charge in [0.15, 0.2) is 11.5 Å². The molecule has 0 saturated heterocycles. The van der Waals surface area contributed by atoms with Crippen LogP contribution in [0.2, 0.25) is 0 Å². The minimum absolute atomic E-state index is 0.0761. The smallest absolute Gasteiger partial charge is 0.420 e. The van der Waals surface area contributed by atoms with Crippen LogP contribution in [0.1, 0.15) is 26.3 Å². The summed E-state index contributed by atoms with van der Waals surface area (Å²) in [6.07, 6.45) is -2.28. The molecule has 0 heterocycles. The number of carbonyl (C=O) groups is 3. The van der Waals surface area contributed by atoms with Gasteiger partial charge in [-0.25, -0.2) is 4.99 Å². The molecule has 1 aromatic rings. The summed E-state index contributed by atoms with van der Waals surface area (Å²) in [5, 5.41) is 16.9. The minimum atomic E-state index is -4.81. The van der Waals surface area contributed by atoms with Crippen LogP contribution >= 0.6 is 11.8 Å². The van der Waals surface area contributed by atoms with Crippen molar-refractivity contribution in [2.24, 2.45) is 4.99 Å². The number of likely N-dealkylation sites (N-methyl/N-ethyl adjacent to an activating group) is 1. The molecule has 0 aliphatic heterocycles. The standard InChI is InChI=1S/C25H29F3N4O5S/c1-8-19(23(35)32-16-10-11-18(33)17(12-16)25(26,27)28)38-15(5)14(4)31-24(36)20(30-9-2)21(37-7)13(3)22(34)29-6/h8-12,14,33H,2,5H2,1,3-4,6-7H3,(H,29,34)(H,31,36)(H,32,35)/b19-8-,21-13-,30-20+. The maximum absolute atomic E-state index is 13.1. The highest BCUT2D eigenvalue weighted by atomic mass is 32.2. The predicted molar refractivity (Wildman–Crippen MR) is 141 cm³/mol. The summed E-state index contributed by atoms with van der Waals surface area (Å²) in [7, 11) is 2.69. The molecule has 13 heteroatoms. The van der Waals surface area contributed by atoms with E-state index in [1.807, 2.05) is 0 Å². The van der Waals surface area contributed by atoms with E-state index in [2.05, 4.69) is 34.1 Å². The van der Waals surface area contributed by atoms with Gasteiger partial charge in [-0.05, 0) is 39.0 Å². The first-order chi connectivity index (χ1) is 17.7. The molecule has 3 amide bonds. The number of allylic oxidation sites excluding steroid dienone is 1. The van der Waals surface area contributed by atoms with Crippen molar-refractivity contribution in [1.82, 2.24) is 10.6 Å². The van der Waals surface area contributed by atoms with E-state index in [9.17, 15) is 32.7 Å². The number of hydrogen-bond acceptors (Lipinski definition) is 7. The number of rotatable bonds is 11. The number of aromatic hydroxyl groups is 1. The van der Waals surface area contributed by atoms with Gasteiger partial charge in [-0.1, -0.05) is 31.0 Å². The average molecular weight is 555 g/mol. The maximum atomic E-state index is 13.1. The van der Waals surface area contributed by atoms with Gasteiger partial charge in [0.1, 0.15) is 5.75 Å². The number of ether oxygens (including phenoxy) is 1. The molecule has 4 N–H and O–H groups in total. The summed E-state index contributed by atoms with van der Waals surface area (Å²) in [6, 6.07) is 1.84. The van der Waals surface area contributed by atoms with Crippen molar-refractivity contribution in [3.8, 4) is 5.75 Å². The number of phenolic OH excluding ortho intramolecular Hbond substituents is 1. The van der Waals surface area contributed by atoms with Gasteiger partial charge >= 0.3 is 6.18 Å². The molecule has 0 bridgehead atoms. The van der Waals surface area contributed by atoms with E-state index >= 15 is 0 Å². The molecule has 0 aliphatic rings. The number of nitrogens with one attached hydrogen (secondary N) is 3. The molecular weight excluding hydrogens is 525 g/mol. The molecule has 0 aliphatic carbocycles. The lowest BCUT2D eigenvalue weighted by Crippen LogP contribution is -2.39. The fourth-order valence-corrected chi connectivity index (χ4v) is 3.65. The van der Waals surface area contributed by atoms with Crippen LogP contribution < -0.4 is 16.0 Å². The third-order valence-corrected chi connectivity index (χ3v) is 6.14. The minimum Gasteiger partial charge on any atom is -0.507 e. The summed E-state index contributed by atoms with van der Waals surface area (Å²) in [5.74, 6) is -2.97. The Morgan fingerprint density at radius 2 is 1.84 bits per heavy atom. The third kappa shape index (κ3) is 8.54. The van der Waals surface area contributed by atoms with Crippen LogP contribution in [0.5, 0.6) is 5.75 Å². The number of aliphatic imine (C=N–C) groups is 1. The molecule has 1 atom stereocenters. The highest BCUT2D eigenvalue weighted by Gasteiger charge is 2.34. The number of hydrogen-bond donors (Lipinski definition) is 4. The molecule has 38 heavy (non-hydrogen) atoms. The normalized spacial score (nSPS) is 13.6. The number of anilines is 1. The van der Waals surface area contributed by atoms with Gasteiger partial charge in [-0.2, -0.15) is 13.2 Å². The van der Waals surface area contributed by atoms with Gasteiger partial charge < -0.3 is 25.8 Å². The number of alkyl halides is 3. The van der Waals surface area contributed by atoms with E-state index < -0.39 is 41.3 Å². The van der Waals surface area contributed by atoms with Gasteiger partial charge in [0, 0.05) is 23.8 Å². The molecule has 1 rings (SSSR count). The number of phenols is 1. The lowest BCUT2D eigenvalue weighted by Gasteiger charge is -2.19. The van der Waals surface area contributed by atoms with E-state index in [0.717, 1.165) is 30.1 Å². The Kier molecular flexibility index (Phi) is 11.9. The van der Waals surface area contributed by atoms with Crippen LogP contribution in [0.3, 0.4) is 0 Å². The van der Waals surface area contributed by atoms with Crippen LogP contribution in [0.4, 0.5) is 18.9 Å². The first-order valence-electron chi connectivity index (χ1n) is 10.9. The Morgan fingerprint density at radius 3 is 2.34 bits per heavy atom. The Balaban J connectivity index is 3.03. The topological polar surface area (TPSA) is 129 Å². The molecule has 1 unspecified atom stereocenters. The zero-order valence-corrected chi connectivity index (χ0v) is 22.3. The first kappa shape index (κ1) is 32.0. The maximum Gasteiger partial charge on any atom is 0.420 e. The molecule has 0 aromatic heterocycles. The van der Waals surface area contributed by atoms with Crippen molar-refractivity contribution in [2.45, 2.75) is 33.0 Å². The molecule has 206 valence electrons. The highest BCUT2D eigenvalue weighted by molar-refractivity contribution is 8.07. The van der Waals surface area contributed by atoms with Crippen molar-refractivity contribution < 1.29 is 37.4 Å². The Labute approximate surface area is 222 Å². The first-order valence-corrected chi connectivity index (χ1v) is 11.7. The van der Waals surface area contributed by atoms with E-state index in [-0.39, 0.29) is 27.6 Å². The van der Waals surface area contributed by atoms with Crippen LogP contribution in [-0.2, 0) is 25.3 Å². The van der Waals surface area contributed by atoms with Gasteiger partial charge in [-0.15, -0.1) is 0 Å². The van der Waals surface area contributed by atoms with Crippen LogP contribution in [0, 0.1) is 0 Å². The van der Waals surface area contributed by atoms with E-state index in [0.29, 0.717) is 11.0 Å². The number of carbonyl (C=O) groups excluding carboxylic acids is 3. The lowest BCUT2D eigenvalue weighted by atomic mass is 10.1. The van der Waals surface area contributed by atoms with Gasteiger partial charge in [0.05, 0.1) is 29.2 Å². The largest absolute Gasteiger partial charge is 0.507 e. The van der Waals surface area contributed by atoms with Crippen molar-refractivity contribution in [3.63, 3.8) is 0 Å². The SMILES string of the molecule is C=C/N=C(C(=O)NC(C)C(=C)S/C(=C\C)C(=O)Nc1ccc(O)c(C(F)(F)F)c1)\C(OC)=C(/C)C(=O)NC. The summed E-state index contributed by atoms with van der Waals surface area (Å²) in [6.45, 7) is 11.9. The molecule has 0 saturated carbocycles. The number of thioether (sulfide) groups is 1. The molecule has 0 spiro atoms. The number of nitrogens with zero attached hydrogens (tertiary/aromatic N) is 1. The van der Waals surface area contributed by atoms with Crippen molar-refractivity contribution in [2.75, 3.05) is 19.5 Å². The zero-order valence-electron chi connectivity index (χ0n) is 21.4. The quantitative estimate of drug-likeness (QED) is 0.140. The van der Waals surface area contributed by atoms with E-state index in [4.69, 9.17) is 4.74 Å². The second-order valence-electron chi connectivity index (χ2n) is 7.50. The Morgan fingerprint density at radius 1 is 1.21 bits per heavy atom. The van der Waals surface area contributed by atoms with Crippen LogP contribution in [0.25, 0.3) is 0 Å². The highest BCUT2D eigenvalue weighted by Crippen LogP contribution is 2.37. The van der Waals surface area contributed by atoms with E-state index in [1.54, 1.807) is 13.8 Å². The predicted octanol–water partition coefficient (Wildman–Crippen LogP) is 4.26. The molecule has 0 radical (unpaired) electrons. The molecule has 1 aromatic carbocycles. The van der Waals surface area contributed by atoms with Crippen LogP contribution in [0.15, 0.2) is 69.8 Å². The number of amides is 3. The lowest BCUT2D eigenvalue weighted by molar-refractivity contribution is -0.138. The van der Waals surface area contributed by atoms with Crippen molar-refractivity contribution in [3.05, 3.63) is 70.3 Å². The Hall–Kier alpha value is -4.00. The molecular formula is C25H29F3N4O5S. The summed E-state index contributed by atoms with van der Waals surface area (Å²) in [5.41, 5.74) is -1.59. The van der Waals surface area contributed by atoms with E-state index in [1.165, 1.54) is 27.2 Å². The van der Waals surface area contributed by atoms with Gasteiger partial charge in [0.25, 0.3) is 11.8 Å². The number of halogens is 3. The number of methoxy groups -OCH3 is 1. The van der Waals surface area contributed by atoms with Crippen LogP contribution in [-0.4, -0.2) is 48.7 Å². The zero-order chi connectivity index (χ0) is 29.2. The Bertz CT molecular complexity index is 1210. The second-order valence-corrected chi connectivity index (χ2v) is 8.67. The summed E-state index contributed by atoms with van der Waals surface area (Å²) < 4.78 is 44.4. The fraction of sp³-hybridized carbons (Fsp3) is 0.280.